The first-order valence-corrected chi connectivity index (χ1v) is 15.5. The van der Waals surface area contributed by atoms with Crippen molar-refractivity contribution in [1.82, 2.24) is 9.97 Å². The minimum absolute atomic E-state index is 0.702. The first-order chi connectivity index (χ1) is 23.6. The molecule has 0 bridgehead atoms. The summed E-state index contributed by atoms with van der Waals surface area (Å²) in [6, 6.07) is 42.2. The van der Waals surface area contributed by atoms with Gasteiger partial charge < -0.3 is 10.2 Å². The van der Waals surface area contributed by atoms with Crippen LogP contribution in [0, 0.1) is 23.7 Å². The van der Waals surface area contributed by atoms with E-state index in [9.17, 15) is 10.2 Å². The van der Waals surface area contributed by atoms with Crippen molar-refractivity contribution in [3.63, 3.8) is 0 Å². The van der Waals surface area contributed by atoms with E-state index in [2.05, 4.69) is 33.6 Å². The zero-order valence-electron chi connectivity index (χ0n) is 26.1. The quantitative estimate of drug-likeness (QED) is 0.169. The maximum absolute atomic E-state index is 12.0. The molecular formula is C44H32N2O2. The van der Waals surface area contributed by atoms with E-state index in [1.807, 2.05) is 158 Å². The SMILES string of the molecule is OC1(C#CC#CC2(O)c3ccccc3C=Cc3ccccc32)c2ccccc2C=Cc2ccccc21.c1ccncc1.c1ccncc1. The highest BCUT2D eigenvalue weighted by Gasteiger charge is 2.35. The summed E-state index contributed by atoms with van der Waals surface area (Å²) in [7, 11) is 0. The van der Waals surface area contributed by atoms with Gasteiger partial charge in [0.05, 0.1) is 0 Å². The topological polar surface area (TPSA) is 66.2 Å². The molecule has 2 heterocycles. The summed E-state index contributed by atoms with van der Waals surface area (Å²) >= 11 is 0. The summed E-state index contributed by atoms with van der Waals surface area (Å²) in [4.78, 5) is 7.57. The smallest absolute Gasteiger partial charge is 0.179 e. The van der Waals surface area contributed by atoms with Crippen LogP contribution in [0.25, 0.3) is 24.3 Å². The van der Waals surface area contributed by atoms with Gasteiger partial charge in [0.25, 0.3) is 0 Å². The van der Waals surface area contributed by atoms with Gasteiger partial charge in [0.1, 0.15) is 0 Å². The lowest BCUT2D eigenvalue weighted by atomic mass is 9.83. The second-order valence-electron chi connectivity index (χ2n) is 11.0. The van der Waals surface area contributed by atoms with E-state index >= 15 is 0 Å². The van der Waals surface area contributed by atoms with Gasteiger partial charge in [-0.05, 0) is 70.2 Å². The molecule has 0 spiro atoms. The lowest BCUT2D eigenvalue weighted by Crippen LogP contribution is -2.27. The maximum Gasteiger partial charge on any atom is 0.179 e. The summed E-state index contributed by atoms with van der Waals surface area (Å²) in [5.41, 5.74) is 3.31. The molecule has 8 rings (SSSR count). The van der Waals surface area contributed by atoms with Crippen LogP contribution in [0.5, 0.6) is 0 Å². The Kier molecular flexibility index (Phi) is 9.81. The van der Waals surface area contributed by atoms with Crippen LogP contribution in [0.15, 0.2) is 158 Å². The molecule has 0 atom stereocenters. The Morgan fingerprint density at radius 1 is 0.354 bits per heavy atom. The Morgan fingerprint density at radius 3 is 0.854 bits per heavy atom. The third-order valence-electron chi connectivity index (χ3n) is 7.97. The Morgan fingerprint density at radius 2 is 0.625 bits per heavy atom. The highest BCUT2D eigenvalue weighted by atomic mass is 16.3. The number of pyridine rings is 2. The molecule has 4 nitrogen and oxygen atoms in total. The average Bonchev–Trinajstić information content (AvgIpc) is 3.37. The molecular weight excluding hydrogens is 588 g/mol. The minimum atomic E-state index is -1.55. The number of benzene rings is 4. The lowest BCUT2D eigenvalue weighted by molar-refractivity contribution is 0.144. The average molecular weight is 621 g/mol. The molecule has 0 radical (unpaired) electrons. The van der Waals surface area contributed by atoms with Gasteiger partial charge in [-0.25, -0.2) is 0 Å². The molecule has 230 valence electrons. The highest BCUT2D eigenvalue weighted by molar-refractivity contribution is 5.80. The third-order valence-corrected chi connectivity index (χ3v) is 7.97. The second kappa shape index (κ2) is 14.9. The van der Waals surface area contributed by atoms with E-state index in [-0.39, 0.29) is 0 Å². The van der Waals surface area contributed by atoms with Crippen molar-refractivity contribution in [2.24, 2.45) is 0 Å². The van der Waals surface area contributed by atoms with Gasteiger partial charge in [-0.2, -0.15) is 0 Å². The molecule has 0 saturated carbocycles. The molecule has 0 fully saturated rings. The Balaban J connectivity index is 0.000000280. The lowest BCUT2D eigenvalue weighted by Gasteiger charge is -2.25. The van der Waals surface area contributed by atoms with E-state index in [4.69, 9.17) is 0 Å². The van der Waals surface area contributed by atoms with Gasteiger partial charge in [0.2, 0.25) is 0 Å². The maximum atomic E-state index is 12.0. The van der Waals surface area contributed by atoms with E-state index in [0.29, 0.717) is 22.3 Å². The van der Waals surface area contributed by atoms with Gasteiger partial charge in [0.15, 0.2) is 11.2 Å². The number of hydrogen-bond donors (Lipinski definition) is 2. The molecule has 4 aromatic carbocycles. The van der Waals surface area contributed by atoms with Crippen LogP contribution >= 0.6 is 0 Å². The number of hydrogen-bond acceptors (Lipinski definition) is 4. The summed E-state index contributed by atoms with van der Waals surface area (Å²) in [5, 5.41) is 23.9. The minimum Gasteiger partial charge on any atom is -0.369 e. The van der Waals surface area contributed by atoms with Crippen molar-refractivity contribution in [3.05, 3.63) is 203 Å². The third kappa shape index (κ3) is 6.92. The van der Waals surface area contributed by atoms with E-state index in [1.54, 1.807) is 24.8 Å². The molecule has 6 aromatic rings. The fourth-order valence-electron chi connectivity index (χ4n) is 5.67. The molecule has 0 unspecified atom stereocenters. The zero-order chi connectivity index (χ0) is 33.1. The standard InChI is InChI=1S/C34H22O2.2C5H5N/c35-33(29-15-5-1-11-25(29)19-20-26-12-2-6-16-30(26)33)23-9-10-24-34(36)31-17-7-3-13-27(31)21-22-28-14-4-8-18-32(28)34;2*1-2-4-6-5-3-1/h1-8,11-22,35-36H;2*1-5H. The van der Waals surface area contributed by atoms with Gasteiger partial charge in [-0.1, -0.05) is 133 Å². The summed E-state index contributed by atoms with van der Waals surface area (Å²) in [6.07, 6.45) is 15.0. The van der Waals surface area contributed by atoms with Gasteiger partial charge in [-0.3, -0.25) is 9.97 Å². The fourth-order valence-corrected chi connectivity index (χ4v) is 5.67. The van der Waals surface area contributed by atoms with Crippen LogP contribution in [0.3, 0.4) is 0 Å². The molecule has 0 aliphatic heterocycles. The van der Waals surface area contributed by atoms with Crippen LogP contribution in [-0.4, -0.2) is 20.2 Å². The van der Waals surface area contributed by atoms with Crippen LogP contribution in [-0.2, 0) is 11.2 Å². The second-order valence-corrected chi connectivity index (χ2v) is 11.0. The molecule has 2 N–H and O–H groups in total. The van der Waals surface area contributed by atoms with Crippen LogP contribution < -0.4 is 0 Å². The Bertz CT molecular complexity index is 1870. The summed E-state index contributed by atoms with van der Waals surface area (Å²) < 4.78 is 0. The van der Waals surface area contributed by atoms with Crippen molar-refractivity contribution < 1.29 is 10.2 Å². The van der Waals surface area contributed by atoms with Gasteiger partial charge in [0, 0.05) is 47.0 Å². The Labute approximate surface area is 281 Å². The largest absolute Gasteiger partial charge is 0.369 e. The van der Waals surface area contributed by atoms with Crippen LogP contribution in [0.1, 0.15) is 44.5 Å². The van der Waals surface area contributed by atoms with E-state index in [0.717, 1.165) is 22.3 Å². The van der Waals surface area contributed by atoms with Crippen molar-refractivity contribution in [3.8, 4) is 23.7 Å². The van der Waals surface area contributed by atoms with Crippen molar-refractivity contribution in [2.75, 3.05) is 0 Å². The molecule has 2 aliphatic rings. The first-order valence-electron chi connectivity index (χ1n) is 15.5. The molecule has 48 heavy (non-hydrogen) atoms. The van der Waals surface area contributed by atoms with Crippen molar-refractivity contribution >= 4 is 24.3 Å². The zero-order valence-corrected chi connectivity index (χ0v) is 26.1. The fraction of sp³-hybridized carbons (Fsp3) is 0.0455. The number of rotatable bonds is 0. The molecule has 4 heteroatoms. The van der Waals surface area contributed by atoms with Gasteiger partial charge >= 0.3 is 0 Å². The van der Waals surface area contributed by atoms with Gasteiger partial charge in [-0.15, -0.1) is 0 Å². The van der Waals surface area contributed by atoms with E-state index in [1.165, 1.54) is 0 Å². The van der Waals surface area contributed by atoms with Crippen molar-refractivity contribution in [2.45, 2.75) is 11.2 Å². The normalized spacial score (nSPS) is 13.5. The predicted octanol–water partition coefficient (Wildman–Crippen LogP) is 8.00. The monoisotopic (exact) mass is 620 g/mol. The highest BCUT2D eigenvalue weighted by Crippen LogP contribution is 2.39. The number of aliphatic hydroxyl groups is 2. The van der Waals surface area contributed by atoms with E-state index < -0.39 is 11.2 Å². The predicted molar refractivity (Wildman–Crippen MR) is 194 cm³/mol. The number of nitrogens with zero attached hydrogens (tertiary/aromatic N) is 2. The number of aromatic nitrogens is 2. The van der Waals surface area contributed by atoms with Crippen LogP contribution in [0.4, 0.5) is 0 Å². The number of fused-ring (bicyclic) bond motifs is 4. The Hall–Kier alpha value is -6.30. The summed E-state index contributed by atoms with van der Waals surface area (Å²) in [5.74, 6) is 11.9. The molecule has 0 amide bonds. The molecule has 2 aliphatic carbocycles. The first kappa shape index (κ1) is 31.7. The van der Waals surface area contributed by atoms with Crippen LogP contribution in [0.2, 0.25) is 0 Å². The van der Waals surface area contributed by atoms with Crippen molar-refractivity contribution in [1.29, 1.82) is 0 Å². The molecule has 2 aromatic heterocycles. The summed E-state index contributed by atoms with van der Waals surface area (Å²) in [6.45, 7) is 0. The molecule has 0 saturated heterocycles.